The van der Waals surface area contributed by atoms with Crippen LogP contribution in [0.3, 0.4) is 0 Å². The quantitative estimate of drug-likeness (QED) is 0.130. The highest BCUT2D eigenvalue weighted by Gasteiger charge is 2.22. The third-order valence-electron chi connectivity index (χ3n) is 4.57. The molecule has 0 radical (unpaired) electrons. The van der Waals surface area contributed by atoms with Crippen LogP contribution in [0.2, 0.25) is 0 Å². The first-order valence-corrected chi connectivity index (χ1v) is 11.4. The number of esters is 3. The van der Waals surface area contributed by atoms with Crippen molar-refractivity contribution >= 4 is 17.9 Å². The smallest absolute Gasteiger partial charge is 0.339 e. The van der Waals surface area contributed by atoms with Gasteiger partial charge in [0.2, 0.25) is 0 Å². The Morgan fingerprint density at radius 2 is 0.944 bits per heavy atom. The lowest BCUT2D eigenvalue weighted by atomic mass is 10.0. The lowest BCUT2D eigenvalue weighted by Gasteiger charge is -2.12. The maximum absolute atomic E-state index is 12.7. The second-order valence-electron chi connectivity index (χ2n) is 7.19. The summed E-state index contributed by atoms with van der Waals surface area (Å²) in [5.74, 6) is -2.15. The van der Waals surface area contributed by atoms with E-state index in [-0.39, 0.29) is 36.5 Å². The molecule has 0 N–H and O–H groups in total. The third kappa shape index (κ3) is 12.3. The van der Waals surface area contributed by atoms with Crippen LogP contribution in [0.25, 0.3) is 0 Å². The maximum Gasteiger partial charge on any atom is 0.339 e. The summed E-state index contributed by atoms with van der Waals surface area (Å²) in [6.07, 6.45) is 24.5. The number of unbranched alkanes of at least 4 members (excludes halogenated alkanes) is 3. The van der Waals surface area contributed by atoms with Gasteiger partial charge in [-0.25, -0.2) is 14.4 Å². The van der Waals surface area contributed by atoms with Gasteiger partial charge in [-0.2, -0.15) is 0 Å². The van der Waals surface area contributed by atoms with Gasteiger partial charge in [-0.05, 0) is 56.7 Å². The average Bonchev–Trinajstić information content (AvgIpc) is 2.89. The van der Waals surface area contributed by atoms with E-state index in [4.69, 9.17) is 47.7 Å². The van der Waals surface area contributed by atoms with E-state index in [1.165, 1.54) is 18.2 Å². The molecule has 9 nitrogen and oxygen atoms in total. The molecule has 0 bridgehead atoms. The van der Waals surface area contributed by atoms with Gasteiger partial charge in [-0.1, -0.05) is 19.3 Å². The molecule has 0 unspecified atom stereocenters. The van der Waals surface area contributed by atoms with Gasteiger partial charge in [0.1, 0.15) is 38.1 Å². The minimum Gasteiger partial charge on any atom is -0.462 e. The van der Waals surface area contributed by atoms with Crippen molar-refractivity contribution in [3.05, 3.63) is 34.9 Å². The van der Waals surface area contributed by atoms with Crippen molar-refractivity contribution in [1.82, 2.24) is 0 Å². The Labute approximate surface area is 211 Å². The number of ether oxygens (including phenoxy) is 6. The summed E-state index contributed by atoms with van der Waals surface area (Å²) in [5.41, 5.74) is -0.0434. The van der Waals surface area contributed by atoms with Gasteiger partial charge in [0.25, 0.3) is 0 Å². The van der Waals surface area contributed by atoms with Crippen molar-refractivity contribution in [2.24, 2.45) is 0 Å². The highest BCUT2D eigenvalue weighted by atomic mass is 16.5. The summed E-state index contributed by atoms with van der Waals surface area (Å²) in [4.78, 5) is 37.8. The molecule has 192 valence electrons. The number of carbonyl (C=O) groups is 3. The Kier molecular flexibility index (Phi) is 15.7. The fraction of sp³-hybridized carbons (Fsp3) is 0.444. The van der Waals surface area contributed by atoms with E-state index in [9.17, 15) is 14.4 Å². The van der Waals surface area contributed by atoms with Crippen LogP contribution in [0.5, 0.6) is 0 Å². The van der Waals surface area contributed by atoms with Crippen LogP contribution in [0.4, 0.5) is 0 Å². The molecular formula is C27H30O9. The fourth-order valence-corrected chi connectivity index (χ4v) is 2.76. The first-order chi connectivity index (χ1) is 17.5. The van der Waals surface area contributed by atoms with E-state index in [0.717, 1.165) is 0 Å². The van der Waals surface area contributed by atoms with E-state index in [2.05, 4.69) is 18.3 Å². The normalized spacial score (nSPS) is 9.58. The number of rotatable bonds is 18. The first kappa shape index (κ1) is 29.7. The van der Waals surface area contributed by atoms with Gasteiger partial charge < -0.3 is 28.4 Å². The number of terminal acetylenes is 3. The number of benzene rings is 1. The van der Waals surface area contributed by atoms with Crippen LogP contribution in [-0.4, -0.2) is 57.5 Å². The van der Waals surface area contributed by atoms with Crippen LogP contribution < -0.4 is 0 Å². The monoisotopic (exact) mass is 498 g/mol. The molecule has 1 aromatic rings. The Balaban J connectivity index is 2.81. The fourth-order valence-electron chi connectivity index (χ4n) is 2.76. The Morgan fingerprint density at radius 1 is 0.556 bits per heavy atom. The van der Waals surface area contributed by atoms with Gasteiger partial charge in [0.05, 0.1) is 36.5 Å². The van der Waals surface area contributed by atoms with E-state index in [1.54, 1.807) is 0 Å². The zero-order valence-electron chi connectivity index (χ0n) is 20.1. The molecule has 0 aliphatic rings. The number of carbonyl (C=O) groups excluding carboxylic acids is 3. The molecule has 9 heteroatoms. The average molecular weight is 499 g/mol. The van der Waals surface area contributed by atoms with Crippen LogP contribution in [0.15, 0.2) is 18.2 Å². The molecule has 0 atom stereocenters. The molecule has 0 saturated heterocycles. The molecule has 0 heterocycles. The largest absolute Gasteiger partial charge is 0.462 e. The lowest BCUT2D eigenvalue weighted by molar-refractivity contribution is 0.0443. The summed E-state index contributed by atoms with van der Waals surface area (Å²) in [6, 6.07) is 3.97. The highest BCUT2D eigenvalue weighted by Crippen LogP contribution is 2.17. The van der Waals surface area contributed by atoms with Crippen LogP contribution in [-0.2, 0) is 28.4 Å². The zero-order chi connectivity index (χ0) is 26.4. The molecule has 1 aromatic carbocycles. The SMILES string of the molecule is C#COCCCCOC(=O)c1ccc(C(=O)OCCCCOC#C)c(C(=O)OCCCCOC#C)c1. The standard InChI is InChI=1S/C27H30O9/c1-4-31-15-7-10-18-34-25(28)22-13-14-23(26(29)35-19-11-8-16-32-5-2)24(21-22)27(30)36-20-12-9-17-33-6-3/h1-3,13-14,21H,7-12,15-20H2. The summed E-state index contributed by atoms with van der Waals surface area (Å²) in [7, 11) is 0. The molecule has 0 aliphatic heterocycles. The Morgan fingerprint density at radius 3 is 1.39 bits per heavy atom. The van der Waals surface area contributed by atoms with Crippen molar-refractivity contribution in [2.45, 2.75) is 38.5 Å². The van der Waals surface area contributed by atoms with Crippen molar-refractivity contribution in [2.75, 3.05) is 39.6 Å². The second kappa shape index (κ2) is 19.1. The van der Waals surface area contributed by atoms with Crippen molar-refractivity contribution in [3.63, 3.8) is 0 Å². The summed E-state index contributed by atoms with van der Waals surface area (Å²) in [5, 5.41) is 0. The summed E-state index contributed by atoms with van der Waals surface area (Å²) in [6.45, 7) is 1.33. The first-order valence-electron chi connectivity index (χ1n) is 11.4. The summed E-state index contributed by atoms with van der Waals surface area (Å²) < 4.78 is 30.1. The van der Waals surface area contributed by atoms with Crippen LogP contribution in [0, 0.1) is 37.6 Å². The minimum atomic E-state index is -0.775. The third-order valence-corrected chi connectivity index (χ3v) is 4.57. The topological polar surface area (TPSA) is 107 Å². The number of hydrogen-bond acceptors (Lipinski definition) is 9. The van der Waals surface area contributed by atoms with E-state index >= 15 is 0 Å². The minimum absolute atomic E-state index is 0.0291. The van der Waals surface area contributed by atoms with Gasteiger partial charge >= 0.3 is 17.9 Å². The molecule has 36 heavy (non-hydrogen) atoms. The molecule has 0 spiro atoms. The molecule has 0 aromatic heterocycles. The summed E-state index contributed by atoms with van der Waals surface area (Å²) >= 11 is 0. The maximum atomic E-state index is 12.7. The molecule has 0 fully saturated rings. The predicted molar refractivity (Wildman–Crippen MR) is 129 cm³/mol. The Bertz CT molecular complexity index is 963. The molecular weight excluding hydrogens is 468 g/mol. The molecule has 0 aliphatic carbocycles. The van der Waals surface area contributed by atoms with Crippen molar-refractivity contribution in [3.8, 4) is 37.6 Å². The molecule has 0 saturated carbocycles. The van der Waals surface area contributed by atoms with Crippen LogP contribution in [0.1, 0.15) is 69.6 Å². The second-order valence-corrected chi connectivity index (χ2v) is 7.19. The lowest BCUT2D eigenvalue weighted by Crippen LogP contribution is -2.17. The van der Waals surface area contributed by atoms with Gasteiger partial charge in [-0.3, -0.25) is 0 Å². The van der Waals surface area contributed by atoms with Crippen molar-refractivity contribution in [1.29, 1.82) is 0 Å². The van der Waals surface area contributed by atoms with Gasteiger partial charge in [0.15, 0.2) is 0 Å². The predicted octanol–water partition coefficient (Wildman–Crippen LogP) is 3.32. The van der Waals surface area contributed by atoms with E-state index in [1.807, 2.05) is 0 Å². The Hall–Kier alpha value is -4.29. The van der Waals surface area contributed by atoms with Crippen LogP contribution >= 0.6 is 0 Å². The van der Waals surface area contributed by atoms with Gasteiger partial charge in [0, 0.05) is 0 Å². The van der Waals surface area contributed by atoms with Gasteiger partial charge in [-0.15, -0.1) is 0 Å². The highest BCUT2D eigenvalue weighted by molar-refractivity contribution is 6.05. The van der Waals surface area contributed by atoms with Crippen molar-refractivity contribution < 1.29 is 42.8 Å². The molecule has 0 amide bonds. The molecule has 1 rings (SSSR count). The van der Waals surface area contributed by atoms with E-state index in [0.29, 0.717) is 58.3 Å². The van der Waals surface area contributed by atoms with E-state index < -0.39 is 17.9 Å². The number of hydrogen-bond donors (Lipinski definition) is 0. The zero-order valence-corrected chi connectivity index (χ0v) is 20.1.